The van der Waals surface area contributed by atoms with Crippen LogP contribution in [0, 0.1) is 0 Å². The van der Waals surface area contributed by atoms with Crippen LogP contribution in [0.4, 0.5) is 10.6 Å². The molecular formula is C15H16N4O2S. The van der Waals surface area contributed by atoms with E-state index in [9.17, 15) is 4.79 Å². The molecule has 0 fully saturated rings. The molecule has 1 aromatic carbocycles. The number of carbonyl (C=O) groups is 1. The molecule has 3 rings (SSSR count). The number of amides is 2. The average Bonchev–Trinajstić information content (AvgIpc) is 3.17. The second-order valence-electron chi connectivity index (χ2n) is 4.80. The highest BCUT2D eigenvalue weighted by Gasteiger charge is 2.10. The van der Waals surface area contributed by atoms with Crippen molar-refractivity contribution < 1.29 is 9.90 Å². The number of benzene rings is 1. The summed E-state index contributed by atoms with van der Waals surface area (Å²) in [7, 11) is 0. The Bertz CT molecular complexity index is 767. The van der Waals surface area contributed by atoms with Crippen molar-refractivity contribution in [2.45, 2.75) is 6.42 Å². The number of nitrogens with one attached hydrogen (secondary N) is 3. The molecule has 3 aromatic rings. The molecule has 22 heavy (non-hydrogen) atoms. The van der Waals surface area contributed by atoms with Gasteiger partial charge in [-0.15, -0.1) is 0 Å². The molecule has 0 spiro atoms. The summed E-state index contributed by atoms with van der Waals surface area (Å²) in [5.74, 6) is 0.494. The molecule has 7 heteroatoms. The summed E-state index contributed by atoms with van der Waals surface area (Å²) in [6, 6.07) is 7.70. The highest BCUT2D eigenvalue weighted by atomic mass is 32.1. The lowest BCUT2D eigenvalue weighted by Gasteiger charge is -2.05. The average molecular weight is 316 g/mol. The van der Waals surface area contributed by atoms with Gasteiger partial charge in [0.15, 0.2) is 5.82 Å². The monoisotopic (exact) mass is 316 g/mol. The first-order chi connectivity index (χ1) is 10.8. The number of hydrogen-bond donors (Lipinski definition) is 4. The number of nitrogens with zero attached hydrogens (tertiary/aromatic N) is 1. The lowest BCUT2D eigenvalue weighted by molar-refractivity contribution is 0.249. The molecular weight excluding hydrogens is 300 g/mol. The Labute approximate surface area is 131 Å². The zero-order valence-corrected chi connectivity index (χ0v) is 12.6. The fraction of sp³-hybridized carbons (Fsp3) is 0.200. The van der Waals surface area contributed by atoms with Crippen molar-refractivity contribution in [1.82, 2.24) is 15.5 Å². The third-order valence-corrected chi connectivity index (χ3v) is 3.95. The highest BCUT2D eigenvalue weighted by molar-refractivity contribution is 7.08. The number of urea groups is 1. The molecule has 0 unspecified atom stereocenters. The van der Waals surface area contributed by atoms with Crippen molar-refractivity contribution in [3.63, 3.8) is 0 Å². The smallest absolute Gasteiger partial charge is 0.320 e. The molecule has 2 heterocycles. The van der Waals surface area contributed by atoms with Crippen LogP contribution in [0.5, 0.6) is 0 Å². The molecule has 0 aliphatic rings. The quantitative estimate of drug-likeness (QED) is 0.546. The lowest BCUT2D eigenvalue weighted by Crippen LogP contribution is -2.30. The number of aromatic nitrogens is 2. The van der Waals surface area contributed by atoms with E-state index in [1.807, 2.05) is 23.6 Å². The maximum absolute atomic E-state index is 11.7. The van der Waals surface area contributed by atoms with Gasteiger partial charge in [-0.25, -0.2) is 4.79 Å². The van der Waals surface area contributed by atoms with E-state index < -0.39 is 0 Å². The lowest BCUT2D eigenvalue weighted by atomic mass is 10.1. The molecule has 114 valence electrons. The first-order valence-electron chi connectivity index (χ1n) is 6.94. The predicted octanol–water partition coefficient (Wildman–Crippen LogP) is 2.80. The summed E-state index contributed by atoms with van der Waals surface area (Å²) in [5.41, 5.74) is 3.14. The number of rotatable bonds is 5. The Balaban J connectivity index is 1.76. The van der Waals surface area contributed by atoms with E-state index in [2.05, 4.69) is 32.3 Å². The van der Waals surface area contributed by atoms with Crippen molar-refractivity contribution in [2.24, 2.45) is 0 Å². The number of H-pyrrole nitrogens is 1. The van der Waals surface area contributed by atoms with E-state index in [4.69, 9.17) is 5.11 Å². The Morgan fingerprint density at radius 3 is 3.00 bits per heavy atom. The summed E-state index contributed by atoms with van der Waals surface area (Å²) in [4.78, 5) is 11.7. The number of aliphatic hydroxyl groups excluding tert-OH is 1. The van der Waals surface area contributed by atoms with Gasteiger partial charge in [-0.2, -0.15) is 16.4 Å². The van der Waals surface area contributed by atoms with Gasteiger partial charge in [-0.05, 0) is 46.5 Å². The van der Waals surface area contributed by atoms with E-state index >= 15 is 0 Å². The first kappa shape index (κ1) is 14.6. The van der Waals surface area contributed by atoms with Crippen LogP contribution in [0.2, 0.25) is 0 Å². The van der Waals surface area contributed by atoms with Crippen molar-refractivity contribution in [1.29, 1.82) is 0 Å². The maximum Gasteiger partial charge on any atom is 0.320 e. The van der Waals surface area contributed by atoms with Gasteiger partial charge < -0.3 is 10.4 Å². The summed E-state index contributed by atoms with van der Waals surface area (Å²) < 4.78 is 0. The van der Waals surface area contributed by atoms with Crippen molar-refractivity contribution in [3.8, 4) is 11.1 Å². The summed E-state index contributed by atoms with van der Waals surface area (Å²) in [6.45, 7) is 0.476. The number of thiophene rings is 1. The van der Waals surface area contributed by atoms with Gasteiger partial charge in [-0.3, -0.25) is 10.4 Å². The van der Waals surface area contributed by atoms with E-state index in [0.717, 1.165) is 22.0 Å². The van der Waals surface area contributed by atoms with Crippen LogP contribution in [0.25, 0.3) is 22.0 Å². The minimum Gasteiger partial charge on any atom is -0.396 e. The molecule has 6 nitrogen and oxygen atoms in total. The number of aromatic amines is 1. The zero-order chi connectivity index (χ0) is 15.4. The Morgan fingerprint density at radius 1 is 1.32 bits per heavy atom. The van der Waals surface area contributed by atoms with E-state index in [1.54, 1.807) is 11.3 Å². The number of aliphatic hydroxyl groups is 1. The molecule has 0 aliphatic heterocycles. The minimum atomic E-state index is -0.330. The third kappa shape index (κ3) is 3.10. The molecule has 0 bridgehead atoms. The highest BCUT2D eigenvalue weighted by Crippen LogP contribution is 2.28. The number of anilines is 1. The summed E-state index contributed by atoms with van der Waals surface area (Å²) >= 11 is 1.65. The number of hydrogen-bond acceptors (Lipinski definition) is 4. The van der Waals surface area contributed by atoms with Crippen LogP contribution in [-0.4, -0.2) is 34.5 Å². The molecule has 0 radical (unpaired) electrons. The van der Waals surface area contributed by atoms with Crippen molar-refractivity contribution in [2.75, 3.05) is 18.5 Å². The number of fused-ring (bicyclic) bond motifs is 1. The second kappa shape index (κ2) is 6.59. The van der Waals surface area contributed by atoms with Crippen LogP contribution < -0.4 is 10.6 Å². The molecule has 2 aromatic heterocycles. The zero-order valence-electron chi connectivity index (χ0n) is 11.8. The van der Waals surface area contributed by atoms with Gasteiger partial charge in [0.2, 0.25) is 0 Å². The third-order valence-electron chi connectivity index (χ3n) is 3.27. The van der Waals surface area contributed by atoms with Crippen molar-refractivity contribution >= 4 is 34.1 Å². The summed E-state index contributed by atoms with van der Waals surface area (Å²) in [5, 5.41) is 26.1. The maximum atomic E-state index is 11.7. The second-order valence-corrected chi connectivity index (χ2v) is 5.58. The summed E-state index contributed by atoms with van der Waals surface area (Å²) in [6.07, 6.45) is 0.527. The minimum absolute atomic E-state index is 0.0526. The fourth-order valence-corrected chi connectivity index (χ4v) is 2.82. The Morgan fingerprint density at radius 2 is 2.23 bits per heavy atom. The SMILES string of the molecule is O=C(NCCCO)Nc1n[nH]c2cc(-c3ccsc3)ccc12. The molecule has 0 aliphatic carbocycles. The topological polar surface area (TPSA) is 90.0 Å². The van der Waals surface area contributed by atoms with Crippen LogP contribution in [-0.2, 0) is 0 Å². The van der Waals surface area contributed by atoms with Gasteiger partial charge in [0.25, 0.3) is 0 Å². The first-order valence-corrected chi connectivity index (χ1v) is 7.88. The van der Waals surface area contributed by atoms with Crippen LogP contribution >= 0.6 is 11.3 Å². The van der Waals surface area contributed by atoms with Gasteiger partial charge in [0, 0.05) is 18.5 Å². The molecule has 0 atom stereocenters. The van der Waals surface area contributed by atoms with Crippen LogP contribution in [0.15, 0.2) is 35.0 Å². The fourth-order valence-electron chi connectivity index (χ4n) is 2.16. The molecule has 0 saturated heterocycles. The van der Waals surface area contributed by atoms with Crippen molar-refractivity contribution in [3.05, 3.63) is 35.0 Å². The standard InChI is InChI=1S/C15H16N4O2S/c20-6-1-5-16-15(21)17-14-12-3-2-10(8-13(12)18-19-14)11-4-7-22-9-11/h2-4,7-9,20H,1,5-6H2,(H3,16,17,18,19,21). The van der Waals surface area contributed by atoms with Gasteiger partial charge >= 0.3 is 6.03 Å². The van der Waals surface area contributed by atoms with E-state index in [-0.39, 0.29) is 12.6 Å². The van der Waals surface area contributed by atoms with Crippen LogP contribution in [0.1, 0.15) is 6.42 Å². The van der Waals surface area contributed by atoms with Gasteiger partial charge in [-0.1, -0.05) is 6.07 Å². The predicted molar refractivity (Wildman–Crippen MR) is 88.1 cm³/mol. The van der Waals surface area contributed by atoms with E-state index in [0.29, 0.717) is 18.8 Å². The van der Waals surface area contributed by atoms with E-state index in [1.165, 1.54) is 0 Å². The number of carbonyl (C=O) groups excluding carboxylic acids is 1. The normalized spacial score (nSPS) is 10.8. The van der Waals surface area contributed by atoms with Crippen LogP contribution in [0.3, 0.4) is 0 Å². The largest absolute Gasteiger partial charge is 0.396 e. The molecule has 4 N–H and O–H groups in total. The van der Waals surface area contributed by atoms with Gasteiger partial charge in [0.1, 0.15) is 0 Å². The van der Waals surface area contributed by atoms with Gasteiger partial charge in [0.05, 0.1) is 5.52 Å². The molecule has 0 saturated carbocycles. The Kier molecular flexibility index (Phi) is 4.36. The molecule has 2 amide bonds. The Hall–Kier alpha value is -2.38.